The van der Waals surface area contributed by atoms with E-state index in [1.54, 1.807) is 36.4 Å². The first-order valence-electron chi connectivity index (χ1n) is 8.65. The lowest BCUT2D eigenvalue weighted by molar-refractivity contribution is -0.124. The highest BCUT2D eigenvalue weighted by atomic mass is 16.5. The van der Waals surface area contributed by atoms with Gasteiger partial charge in [-0.05, 0) is 24.3 Å². The van der Waals surface area contributed by atoms with Crippen molar-refractivity contribution < 1.29 is 28.5 Å². The van der Waals surface area contributed by atoms with Crippen LogP contribution in [0.3, 0.4) is 0 Å². The summed E-state index contributed by atoms with van der Waals surface area (Å²) in [6, 6.07) is 14.2. The van der Waals surface area contributed by atoms with Crippen LogP contribution in [0.4, 0.5) is 11.4 Å². The fraction of sp³-hybridized carbons (Fsp3) is 0.300. The Bertz CT molecular complexity index is 715. The van der Waals surface area contributed by atoms with Gasteiger partial charge in [0.25, 0.3) is 0 Å². The van der Waals surface area contributed by atoms with Crippen LogP contribution in [0.1, 0.15) is 0 Å². The van der Waals surface area contributed by atoms with Crippen molar-refractivity contribution in [2.45, 2.75) is 0 Å². The third-order valence-corrected chi connectivity index (χ3v) is 3.60. The summed E-state index contributed by atoms with van der Waals surface area (Å²) < 4.78 is 20.8. The predicted octanol–water partition coefficient (Wildman–Crippen LogP) is 2.31. The van der Waals surface area contributed by atoms with E-state index in [4.69, 9.17) is 18.9 Å². The number of benzene rings is 2. The van der Waals surface area contributed by atoms with E-state index in [0.29, 0.717) is 22.9 Å². The second-order valence-corrected chi connectivity index (χ2v) is 5.60. The number of hydrogen-bond acceptors (Lipinski definition) is 6. The third-order valence-electron chi connectivity index (χ3n) is 3.60. The Morgan fingerprint density at radius 2 is 1.11 bits per heavy atom. The van der Waals surface area contributed by atoms with Crippen molar-refractivity contribution in [3.63, 3.8) is 0 Å². The van der Waals surface area contributed by atoms with Gasteiger partial charge in [0.1, 0.15) is 24.7 Å². The molecule has 0 spiro atoms. The highest BCUT2D eigenvalue weighted by Crippen LogP contribution is 2.23. The molecule has 0 unspecified atom stereocenters. The summed E-state index contributed by atoms with van der Waals surface area (Å²) in [6.45, 7) is 0.103. The summed E-state index contributed by atoms with van der Waals surface area (Å²) in [5, 5.41) is 5.41. The average Bonchev–Trinajstić information content (AvgIpc) is 2.71. The third kappa shape index (κ3) is 6.90. The highest BCUT2D eigenvalue weighted by molar-refractivity contribution is 5.93. The predicted molar refractivity (Wildman–Crippen MR) is 105 cm³/mol. The second kappa shape index (κ2) is 11.6. The Hall–Kier alpha value is -3.10. The van der Waals surface area contributed by atoms with E-state index >= 15 is 0 Å². The van der Waals surface area contributed by atoms with Gasteiger partial charge in [-0.2, -0.15) is 0 Å². The first-order valence-corrected chi connectivity index (χ1v) is 8.65. The number of hydrogen-bond donors (Lipinski definition) is 2. The molecule has 0 aliphatic heterocycles. The van der Waals surface area contributed by atoms with E-state index in [-0.39, 0.29) is 38.2 Å². The number of amides is 2. The number of para-hydroxylation sites is 4. The zero-order valence-electron chi connectivity index (χ0n) is 15.9. The number of nitrogens with one attached hydrogen (secondary N) is 2. The monoisotopic (exact) mass is 388 g/mol. The summed E-state index contributed by atoms with van der Waals surface area (Å²) in [5.74, 6) is 0.525. The maximum Gasteiger partial charge on any atom is 0.250 e. The summed E-state index contributed by atoms with van der Waals surface area (Å²) in [6.07, 6.45) is 0. The molecule has 0 aliphatic rings. The molecule has 0 saturated heterocycles. The zero-order valence-corrected chi connectivity index (χ0v) is 15.9. The lowest BCUT2D eigenvalue weighted by Crippen LogP contribution is -2.22. The topological polar surface area (TPSA) is 95.1 Å². The molecule has 0 atom stereocenters. The van der Waals surface area contributed by atoms with E-state index in [1.807, 2.05) is 12.1 Å². The summed E-state index contributed by atoms with van der Waals surface area (Å²) in [5.41, 5.74) is 1.14. The van der Waals surface area contributed by atoms with Crippen molar-refractivity contribution in [1.82, 2.24) is 0 Å². The van der Waals surface area contributed by atoms with E-state index in [9.17, 15) is 9.59 Å². The van der Waals surface area contributed by atoms with Crippen molar-refractivity contribution in [3.05, 3.63) is 48.5 Å². The number of carbonyl (C=O) groups is 2. The lowest BCUT2D eigenvalue weighted by Gasteiger charge is -2.11. The minimum absolute atomic E-state index is 0.130. The zero-order chi connectivity index (χ0) is 20.2. The summed E-state index contributed by atoms with van der Waals surface area (Å²) in [7, 11) is 3.06. The maximum atomic E-state index is 11.9. The minimum atomic E-state index is -0.307. The highest BCUT2D eigenvalue weighted by Gasteiger charge is 2.08. The summed E-state index contributed by atoms with van der Waals surface area (Å²) in [4.78, 5) is 23.8. The molecule has 0 heterocycles. The molecule has 2 aromatic carbocycles. The van der Waals surface area contributed by atoms with E-state index in [2.05, 4.69) is 10.6 Å². The fourth-order valence-electron chi connectivity index (χ4n) is 2.32. The largest absolute Gasteiger partial charge is 0.495 e. The molecule has 0 aromatic heterocycles. The van der Waals surface area contributed by atoms with Gasteiger partial charge in [0.05, 0.1) is 38.8 Å². The standard InChI is InChI=1S/C20H24N2O6/c1-25-17-9-5-3-7-15(17)21-19(23)13-27-11-12-28-14-20(24)22-16-8-4-6-10-18(16)26-2/h3-10H,11-14H2,1-2H3,(H,21,23)(H,22,24). The molecule has 2 N–H and O–H groups in total. The number of methoxy groups -OCH3 is 2. The van der Waals surface area contributed by atoms with Gasteiger partial charge in [-0.1, -0.05) is 24.3 Å². The van der Waals surface area contributed by atoms with Crippen LogP contribution in [-0.2, 0) is 19.1 Å². The van der Waals surface area contributed by atoms with Crippen LogP contribution in [0, 0.1) is 0 Å². The molecule has 2 rings (SSSR count). The van der Waals surface area contributed by atoms with Gasteiger partial charge in [0.15, 0.2) is 0 Å². The fourth-order valence-corrected chi connectivity index (χ4v) is 2.32. The van der Waals surface area contributed by atoms with Crippen LogP contribution in [-0.4, -0.2) is 52.5 Å². The van der Waals surface area contributed by atoms with Gasteiger partial charge in [-0.15, -0.1) is 0 Å². The molecular formula is C20H24N2O6. The molecule has 8 nitrogen and oxygen atoms in total. The van der Waals surface area contributed by atoms with Crippen LogP contribution in [0.15, 0.2) is 48.5 Å². The molecule has 0 saturated carbocycles. The quantitative estimate of drug-likeness (QED) is 0.574. The van der Waals surface area contributed by atoms with Gasteiger partial charge in [-0.3, -0.25) is 9.59 Å². The van der Waals surface area contributed by atoms with Crippen molar-refractivity contribution in [2.75, 3.05) is 51.3 Å². The minimum Gasteiger partial charge on any atom is -0.495 e. The molecule has 0 aliphatic carbocycles. The summed E-state index contributed by atoms with van der Waals surface area (Å²) >= 11 is 0. The van der Waals surface area contributed by atoms with Crippen molar-refractivity contribution in [1.29, 1.82) is 0 Å². The molecule has 0 radical (unpaired) electrons. The number of rotatable bonds is 11. The van der Waals surface area contributed by atoms with Crippen molar-refractivity contribution >= 4 is 23.2 Å². The Morgan fingerprint density at radius 1 is 0.714 bits per heavy atom. The van der Waals surface area contributed by atoms with E-state index in [0.717, 1.165) is 0 Å². The van der Waals surface area contributed by atoms with Crippen LogP contribution in [0.2, 0.25) is 0 Å². The SMILES string of the molecule is COc1ccccc1NC(=O)COCCOCC(=O)Nc1ccccc1OC. The first kappa shape index (κ1) is 21.2. The van der Waals surface area contributed by atoms with Crippen molar-refractivity contribution in [2.24, 2.45) is 0 Å². The van der Waals surface area contributed by atoms with Gasteiger partial charge >= 0.3 is 0 Å². The molecular weight excluding hydrogens is 364 g/mol. The van der Waals surface area contributed by atoms with Crippen LogP contribution in [0.25, 0.3) is 0 Å². The Labute approximate surface area is 163 Å². The Kier molecular flexibility index (Phi) is 8.77. The molecule has 8 heteroatoms. The normalized spacial score (nSPS) is 10.2. The van der Waals surface area contributed by atoms with Gasteiger partial charge in [-0.25, -0.2) is 0 Å². The van der Waals surface area contributed by atoms with Crippen LogP contribution in [0.5, 0.6) is 11.5 Å². The van der Waals surface area contributed by atoms with Gasteiger partial charge < -0.3 is 29.6 Å². The first-order chi connectivity index (χ1) is 13.6. The Balaban J connectivity index is 1.60. The number of carbonyl (C=O) groups excluding carboxylic acids is 2. The second-order valence-electron chi connectivity index (χ2n) is 5.60. The number of ether oxygens (including phenoxy) is 4. The van der Waals surface area contributed by atoms with E-state index < -0.39 is 0 Å². The maximum absolute atomic E-state index is 11.9. The average molecular weight is 388 g/mol. The van der Waals surface area contributed by atoms with Crippen molar-refractivity contribution in [3.8, 4) is 11.5 Å². The van der Waals surface area contributed by atoms with Gasteiger partial charge in [0, 0.05) is 0 Å². The van der Waals surface area contributed by atoms with E-state index in [1.165, 1.54) is 14.2 Å². The molecule has 2 aromatic rings. The van der Waals surface area contributed by atoms with Gasteiger partial charge in [0.2, 0.25) is 11.8 Å². The Morgan fingerprint density at radius 3 is 1.50 bits per heavy atom. The number of anilines is 2. The molecule has 0 fully saturated rings. The molecule has 0 bridgehead atoms. The lowest BCUT2D eigenvalue weighted by atomic mass is 10.3. The van der Waals surface area contributed by atoms with Crippen LogP contribution >= 0.6 is 0 Å². The molecule has 150 valence electrons. The molecule has 2 amide bonds. The molecule has 28 heavy (non-hydrogen) atoms. The smallest absolute Gasteiger partial charge is 0.250 e. The van der Waals surface area contributed by atoms with Crippen LogP contribution < -0.4 is 20.1 Å².